The van der Waals surface area contributed by atoms with Gasteiger partial charge in [0.2, 0.25) is 0 Å². The van der Waals surface area contributed by atoms with E-state index >= 15 is 0 Å². The van der Waals surface area contributed by atoms with E-state index in [9.17, 15) is 4.39 Å². The molecule has 21 heavy (non-hydrogen) atoms. The summed E-state index contributed by atoms with van der Waals surface area (Å²) in [4.78, 5) is 4.49. The molecule has 1 heterocycles. The van der Waals surface area contributed by atoms with E-state index in [2.05, 4.69) is 23.3 Å². The molecule has 0 radical (unpaired) electrons. The number of rotatable bonds is 6. The van der Waals surface area contributed by atoms with Crippen molar-refractivity contribution >= 4 is 5.69 Å². The Morgan fingerprint density at radius 2 is 1.81 bits per heavy atom. The second-order valence-electron chi connectivity index (χ2n) is 5.48. The van der Waals surface area contributed by atoms with E-state index < -0.39 is 0 Å². The largest absolute Gasteiger partial charge is 0.377 e. The van der Waals surface area contributed by atoms with Gasteiger partial charge in [-0.1, -0.05) is 31.9 Å². The molecular weight excluding hydrogens is 263 g/mol. The van der Waals surface area contributed by atoms with Gasteiger partial charge in [-0.25, -0.2) is 4.39 Å². The van der Waals surface area contributed by atoms with Gasteiger partial charge < -0.3 is 5.32 Å². The van der Waals surface area contributed by atoms with Crippen molar-refractivity contribution in [2.24, 2.45) is 0 Å². The smallest absolute Gasteiger partial charge is 0.123 e. The minimum Gasteiger partial charge on any atom is -0.377 e. The van der Waals surface area contributed by atoms with Gasteiger partial charge in [0.1, 0.15) is 5.82 Å². The maximum Gasteiger partial charge on any atom is 0.123 e. The molecule has 0 amide bonds. The highest BCUT2D eigenvalue weighted by atomic mass is 19.1. The number of anilines is 1. The fourth-order valence-corrected chi connectivity index (χ4v) is 2.45. The van der Waals surface area contributed by atoms with Crippen LogP contribution in [0.3, 0.4) is 0 Å². The average Bonchev–Trinajstić information content (AvgIpc) is 2.46. The van der Waals surface area contributed by atoms with Crippen LogP contribution < -0.4 is 5.32 Å². The molecule has 1 aromatic carbocycles. The molecule has 0 fully saturated rings. The Bertz CT molecular complexity index is 578. The SMILES string of the molecule is CCCCC(Nc1ccc(C)nc1C)c1ccc(F)cc1. The average molecular weight is 286 g/mol. The fourth-order valence-electron chi connectivity index (χ4n) is 2.45. The van der Waals surface area contributed by atoms with Crippen molar-refractivity contribution in [2.75, 3.05) is 5.32 Å². The van der Waals surface area contributed by atoms with E-state index in [4.69, 9.17) is 0 Å². The standard InChI is InChI=1S/C18H23FN2/c1-4-5-6-18(15-8-10-16(19)11-9-15)21-17-12-7-13(2)20-14(17)3/h7-12,18,21H,4-6H2,1-3H3. The van der Waals surface area contributed by atoms with Gasteiger partial charge in [0.05, 0.1) is 17.4 Å². The van der Waals surface area contributed by atoms with E-state index in [0.29, 0.717) is 0 Å². The van der Waals surface area contributed by atoms with Crippen molar-refractivity contribution in [3.8, 4) is 0 Å². The van der Waals surface area contributed by atoms with Crippen LogP contribution in [0.4, 0.5) is 10.1 Å². The summed E-state index contributed by atoms with van der Waals surface area (Å²) in [5.41, 5.74) is 4.18. The Hall–Kier alpha value is -1.90. The molecule has 0 bridgehead atoms. The molecule has 2 nitrogen and oxygen atoms in total. The Morgan fingerprint density at radius 3 is 2.43 bits per heavy atom. The van der Waals surface area contributed by atoms with E-state index in [-0.39, 0.29) is 11.9 Å². The highest BCUT2D eigenvalue weighted by Gasteiger charge is 2.12. The summed E-state index contributed by atoms with van der Waals surface area (Å²) in [7, 11) is 0. The molecule has 0 spiro atoms. The van der Waals surface area contributed by atoms with Crippen molar-refractivity contribution in [1.82, 2.24) is 4.98 Å². The van der Waals surface area contributed by atoms with Crippen LogP contribution in [-0.2, 0) is 0 Å². The minimum absolute atomic E-state index is 0.189. The lowest BCUT2D eigenvalue weighted by molar-refractivity contribution is 0.616. The lowest BCUT2D eigenvalue weighted by atomic mass is 10.0. The summed E-state index contributed by atoms with van der Waals surface area (Å²) in [6.45, 7) is 6.18. The number of pyridine rings is 1. The monoisotopic (exact) mass is 286 g/mol. The third kappa shape index (κ3) is 4.28. The fraction of sp³-hybridized carbons (Fsp3) is 0.389. The van der Waals surface area contributed by atoms with Crippen LogP contribution in [0.2, 0.25) is 0 Å². The van der Waals surface area contributed by atoms with Crippen LogP contribution in [0.15, 0.2) is 36.4 Å². The summed E-state index contributed by atoms with van der Waals surface area (Å²) in [5, 5.41) is 3.56. The molecule has 0 aliphatic heterocycles. The van der Waals surface area contributed by atoms with E-state index in [0.717, 1.165) is 41.9 Å². The zero-order valence-corrected chi connectivity index (χ0v) is 13.0. The van der Waals surface area contributed by atoms with Gasteiger partial charge >= 0.3 is 0 Å². The molecule has 2 aromatic rings. The van der Waals surface area contributed by atoms with Crippen LogP contribution in [0, 0.1) is 19.7 Å². The summed E-state index contributed by atoms with van der Waals surface area (Å²) in [5.74, 6) is -0.193. The van der Waals surface area contributed by atoms with Crippen LogP contribution >= 0.6 is 0 Å². The summed E-state index contributed by atoms with van der Waals surface area (Å²) in [6.07, 6.45) is 3.30. The highest BCUT2D eigenvalue weighted by molar-refractivity contribution is 5.49. The number of unbranched alkanes of at least 4 members (excludes halogenated alkanes) is 1. The number of nitrogens with one attached hydrogen (secondary N) is 1. The summed E-state index contributed by atoms with van der Waals surface area (Å²) >= 11 is 0. The second-order valence-corrected chi connectivity index (χ2v) is 5.48. The highest BCUT2D eigenvalue weighted by Crippen LogP contribution is 2.26. The third-order valence-corrected chi connectivity index (χ3v) is 3.67. The predicted octanol–water partition coefficient (Wildman–Crippen LogP) is 5.18. The van der Waals surface area contributed by atoms with Crippen LogP contribution in [0.1, 0.15) is 49.2 Å². The topological polar surface area (TPSA) is 24.9 Å². The molecule has 3 heteroatoms. The van der Waals surface area contributed by atoms with E-state index in [1.54, 1.807) is 0 Å². The van der Waals surface area contributed by atoms with Gasteiger partial charge in [0, 0.05) is 5.69 Å². The van der Waals surface area contributed by atoms with Crippen molar-refractivity contribution in [1.29, 1.82) is 0 Å². The van der Waals surface area contributed by atoms with Crippen LogP contribution in [0.25, 0.3) is 0 Å². The Kier molecular flexibility index (Phi) is 5.32. The molecular formula is C18H23FN2. The first-order chi connectivity index (χ1) is 10.1. The molecule has 112 valence electrons. The van der Waals surface area contributed by atoms with Gasteiger partial charge in [-0.2, -0.15) is 0 Å². The number of nitrogens with zero attached hydrogens (tertiary/aromatic N) is 1. The lowest BCUT2D eigenvalue weighted by Gasteiger charge is -2.21. The zero-order chi connectivity index (χ0) is 15.2. The molecule has 0 saturated carbocycles. The predicted molar refractivity (Wildman–Crippen MR) is 86.0 cm³/mol. The minimum atomic E-state index is -0.193. The maximum absolute atomic E-state index is 13.1. The number of aryl methyl sites for hydroxylation is 2. The number of halogens is 1. The molecule has 0 saturated heterocycles. The third-order valence-electron chi connectivity index (χ3n) is 3.67. The summed E-state index contributed by atoms with van der Waals surface area (Å²) < 4.78 is 13.1. The van der Waals surface area contributed by atoms with E-state index in [1.807, 2.05) is 32.0 Å². The first-order valence-electron chi connectivity index (χ1n) is 7.56. The summed E-state index contributed by atoms with van der Waals surface area (Å²) in [6, 6.07) is 11.0. The molecule has 1 N–H and O–H groups in total. The zero-order valence-electron chi connectivity index (χ0n) is 13.0. The molecule has 1 atom stereocenters. The Morgan fingerprint density at radius 1 is 1.10 bits per heavy atom. The van der Waals surface area contributed by atoms with Gasteiger partial charge in [-0.3, -0.25) is 4.98 Å². The molecule has 1 aromatic heterocycles. The second kappa shape index (κ2) is 7.21. The Balaban J connectivity index is 2.21. The maximum atomic E-state index is 13.1. The van der Waals surface area contributed by atoms with Crippen LogP contribution in [0.5, 0.6) is 0 Å². The van der Waals surface area contributed by atoms with Crippen molar-refractivity contribution in [2.45, 2.75) is 46.1 Å². The number of aromatic nitrogens is 1. The normalized spacial score (nSPS) is 12.2. The molecule has 1 unspecified atom stereocenters. The van der Waals surface area contributed by atoms with Gasteiger partial charge in [0.15, 0.2) is 0 Å². The number of benzene rings is 1. The van der Waals surface area contributed by atoms with Gasteiger partial charge in [-0.05, 0) is 50.1 Å². The number of hydrogen-bond acceptors (Lipinski definition) is 2. The quantitative estimate of drug-likeness (QED) is 0.791. The van der Waals surface area contributed by atoms with Crippen LogP contribution in [-0.4, -0.2) is 4.98 Å². The van der Waals surface area contributed by atoms with Crippen molar-refractivity contribution < 1.29 is 4.39 Å². The molecule has 0 aliphatic rings. The Labute approximate surface area is 126 Å². The lowest BCUT2D eigenvalue weighted by Crippen LogP contribution is -2.12. The first kappa shape index (κ1) is 15.5. The van der Waals surface area contributed by atoms with Gasteiger partial charge in [0.25, 0.3) is 0 Å². The molecule has 2 rings (SSSR count). The number of hydrogen-bond donors (Lipinski definition) is 1. The van der Waals surface area contributed by atoms with Gasteiger partial charge in [-0.15, -0.1) is 0 Å². The van der Waals surface area contributed by atoms with Crippen molar-refractivity contribution in [3.63, 3.8) is 0 Å². The molecule has 0 aliphatic carbocycles. The first-order valence-corrected chi connectivity index (χ1v) is 7.56. The van der Waals surface area contributed by atoms with E-state index in [1.165, 1.54) is 12.1 Å². The van der Waals surface area contributed by atoms with Crippen molar-refractivity contribution in [3.05, 3.63) is 59.2 Å².